The Morgan fingerprint density at radius 3 is 1.90 bits per heavy atom. The van der Waals surface area contributed by atoms with Crippen molar-refractivity contribution in [3.8, 4) is 0 Å². The van der Waals surface area contributed by atoms with Crippen molar-refractivity contribution in [1.29, 1.82) is 0 Å². The van der Waals surface area contributed by atoms with Crippen molar-refractivity contribution in [2.75, 3.05) is 7.05 Å². The molecule has 1 fully saturated rings. The molecule has 0 aromatic heterocycles. The quantitative estimate of drug-likeness (QED) is 0.498. The first-order chi connectivity index (χ1) is 7.67. The van der Waals surface area contributed by atoms with E-state index in [0.29, 0.717) is 6.04 Å². The molecule has 114 valence electrons. The minimum absolute atomic E-state index is 0. The fourth-order valence-electron chi connectivity index (χ4n) is 3.97. The number of halogens is 2. The van der Waals surface area contributed by atoms with Gasteiger partial charge in [-0.2, -0.15) is 0 Å². The van der Waals surface area contributed by atoms with Crippen LogP contribution in [0.4, 0.5) is 0 Å². The molecular weight excluding hydrogens is 368 g/mol. The zero-order valence-corrected chi connectivity index (χ0v) is 17.7. The summed E-state index contributed by atoms with van der Waals surface area (Å²) >= 11 is 0. The third-order valence-corrected chi connectivity index (χ3v) is 6.56. The fraction of sp³-hybridized carbons (Fsp3) is 0.750. The van der Waals surface area contributed by atoms with E-state index in [2.05, 4.69) is 71.7 Å². The average Bonchev–Trinajstić information content (AvgIpc) is 2.80. The zero-order valence-electron chi connectivity index (χ0n) is 13.7. The number of hydrogen-bond acceptors (Lipinski definition) is 1. The first-order valence-corrected chi connectivity index (χ1v) is 6.76. The Hall–Kier alpha value is 0.903. The maximum Gasteiger partial charge on any atom is 2.00 e. The van der Waals surface area contributed by atoms with Crippen LogP contribution in [0.15, 0.2) is 23.8 Å². The van der Waals surface area contributed by atoms with E-state index in [1.165, 1.54) is 0 Å². The molecule has 0 aromatic carbocycles. The summed E-state index contributed by atoms with van der Waals surface area (Å²) in [4.78, 5) is 2.56. The van der Waals surface area contributed by atoms with Gasteiger partial charge in [0.1, 0.15) is 0 Å². The summed E-state index contributed by atoms with van der Waals surface area (Å²) in [5, 5.41) is 0. The van der Waals surface area contributed by atoms with E-state index in [1.807, 2.05) is 0 Å². The molecule has 0 radical (unpaired) electrons. The van der Waals surface area contributed by atoms with Crippen LogP contribution in [0.3, 0.4) is 0 Å². The van der Waals surface area contributed by atoms with E-state index in [-0.39, 0.29) is 67.4 Å². The molecule has 2 unspecified atom stereocenters. The third kappa shape index (κ3) is 2.64. The SMILES string of the molecule is CC1N(C)C(C)(C)C(C)(C)C1(C)C1=CC=CC1.[Cl-].[Cl-].[Zr+2]. The van der Waals surface area contributed by atoms with E-state index in [1.54, 1.807) is 5.57 Å². The Morgan fingerprint density at radius 2 is 1.60 bits per heavy atom. The molecule has 0 aromatic rings. The van der Waals surface area contributed by atoms with E-state index < -0.39 is 0 Å². The van der Waals surface area contributed by atoms with E-state index in [9.17, 15) is 0 Å². The monoisotopic (exact) mass is 393 g/mol. The summed E-state index contributed by atoms with van der Waals surface area (Å²) in [5.41, 5.74) is 2.36. The van der Waals surface area contributed by atoms with Crippen molar-refractivity contribution < 1.29 is 51.0 Å². The second kappa shape index (κ2) is 6.99. The minimum Gasteiger partial charge on any atom is -1.00 e. The molecule has 2 atom stereocenters. The molecule has 0 saturated carbocycles. The summed E-state index contributed by atoms with van der Waals surface area (Å²) in [6.07, 6.45) is 7.98. The number of nitrogens with zero attached hydrogens (tertiary/aromatic N) is 1. The number of rotatable bonds is 1. The van der Waals surface area contributed by atoms with Crippen LogP contribution < -0.4 is 24.8 Å². The van der Waals surface area contributed by atoms with Crippen molar-refractivity contribution in [3.05, 3.63) is 23.8 Å². The maximum absolute atomic E-state index is 2.56. The van der Waals surface area contributed by atoms with Gasteiger partial charge in [0, 0.05) is 17.0 Å². The van der Waals surface area contributed by atoms with Gasteiger partial charge in [0.2, 0.25) is 0 Å². The molecule has 1 aliphatic heterocycles. The number of hydrogen-bond donors (Lipinski definition) is 0. The smallest absolute Gasteiger partial charge is 1.00 e. The second-order valence-corrected chi connectivity index (χ2v) is 7.00. The van der Waals surface area contributed by atoms with Crippen LogP contribution in [-0.2, 0) is 26.2 Å². The number of allylic oxidation sites excluding steroid dienone is 3. The van der Waals surface area contributed by atoms with Gasteiger partial charge in [-0.05, 0) is 39.7 Å². The largest absolute Gasteiger partial charge is 2.00 e. The van der Waals surface area contributed by atoms with Gasteiger partial charge in [0.15, 0.2) is 0 Å². The van der Waals surface area contributed by atoms with Crippen LogP contribution in [0.2, 0.25) is 0 Å². The molecule has 0 N–H and O–H groups in total. The topological polar surface area (TPSA) is 3.24 Å². The van der Waals surface area contributed by atoms with Crippen molar-refractivity contribution >= 4 is 0 Å². The molecular formula is C16H27Cl2NZr. The van der Waals surface area contributed by atoms with Crippen LogP contribution in [0.25, 0.3) is 0 Å². The number of likely N-dealkylation sites (tertiary alicyclic amines) is 1. The average molecular weight is 396 g/mol. The Bertz CT molecular complexity index is 401. The summed E-state index contributed by atoms with van der Waals surface area (Å²) in [7, 11) is 2.28. The van der Waals surface area contributed by atoms with Crippen molar-refractivity contribution in [1.82, 2.24) is 4.90 Å². The predicted octanol–water partition coefficient (Wildman–Crippen LogP) is -1.98. The molecule has 0 amide bonds. The van der Waals surface area contributed by atoms with Gasteiger partial charge in [0.25, 0.3) is 0 Å². The first kappa shape index (κ1) is 23.2. The molecule has 2 rings (SSSR count). The van der Waals surface area contributed by atoms with Crippen LogP contribution in [-0.4, -0.2) is 23.5 Å². The molecule has 4 heteroatoms. The van der Waals surface area contributed by atoms with Crippen LogP contribution in [0.5, 0.6) is 0 Å². The van der Waals surface area contributed by atoms with Gasteiger partial charge in [0.05, 0.1) is 0 Å². The van der Waals surface area contributed by atoms with Gasteiger partial charge in [-0.1, -0.05) is 44.6 Å². The summed E-state index contributed by atoms with van der Waals surface area (Å²) in [6, 6.07) is 0.582. The molecule has 1 nitrogen and oxygen atoms in total. The molecule has 2 aliphatic rings. The van der Waals surface area contributed by atoms with Crippen molar-refractivity contribution in [2.24, 2.45) is 10.8 Å². The van der Waals surface area contributed by atoms with Crippen LogP contribution in [0.1, 0.15) is 48.0 Å². The Morgan fingerprint density at radius 1 is 1.10 bits per heavy atom. The Kier molecular flexibility index (Phi) is 8.10. The molecule has 1 aliphatic carbocycles. The Labute approximate surface area is 156 Å². The van der Waals surface area contributed by atoms with E-state index in [0.717, 1.165) is 6.42 Å². The first-order valence-electron chi connectivity index (χ1n) is 6.76. The van der Waals surface area contributed by atoms with Crippen molar-refractivity contribution in [3.63, 3.8) is 0 Å². The molecule has 0 bridgehead atoms. The Balaban J connectivity index is 0. The minimum atomic E-state index is 0. The summed E-state index contributed by atoms with van der Waals surface area (Å²) in [6.45, 7) is 14.5. The van der Waals surface area contributed by atoms with Crippen molar-refractivity contribution in [2.45, 2.75) is 59.5 Å². The predicted molar refractivity (Wildman–Crippen MR) is 75.0 cm³/mol. The van der Waals surface area contributed by atoms with E-state index >= 15 is 0 Å². The van der Waals surface area contributed by atoms with Gasteiger partial charge in [-0.15, -0.1) is 0 Å². The maximum atomic E-state index is 2.56. The standard InChI is InChI=1S/C16H27N.2ClH.Zr/c1-12-16(6,13-10-8-9-11-13)14(2,3)15(4,5)17(12)7;;;/h8-10,12H,11H2,1-7H3;2*1H;/q;;;+2/p-2. The van der Waals surface area contributed by atoms with Gasteiger partial charge in [-0.3, -0.25) is 4.90 Å². The van der Waals surface area contributed by atoms with Gasteiger partial charge < -0.3 is 24.8 Å². The van der Waals surface area contributed by atoms with Gasteiger partial charge in [-0.25, -0.2) is 0 Å². The normalized spacial score (nSPS) is 33.8. The van der Waals surface area contributed by atoms with Gasteiger partial charge >= 0.3 is 26.2 Å². The summed E-state index contributed by atoms with van der Waals surface area (Å²) in [5.74, 6) is 0. The molecule has 0 spiro atoms. The van der Waals surface area contributed by atoms with E-state index in [4.69, 9.17) is 0 Å². The van der Waals surface area contributed by atoms with Crippen LogP contribution >= 0.6 is 0 Å². The molecule has 20 heavy (non-hydrogen) atoms. The summed E-state index contributed by atoms with van der Waals surface area (Å²) < 4.78 is 0. The molecule has 1 saturated heterocycles. The zero-order chi connectivity index (χ0) is 13.1. The second-order valence-electron chi connectivity index (χ2n) is 7.00. The fourth-order valence-corrected chi connectivity index (χ4v) is 3.97. The van der Waals surface area contributed by atoms with Crippen LogP contribution in [0, 0.1) is 10.8 Å². The third-order valence-electron chi connectivity index (χ3n) is 6.56. The molecule has 1 heterocycles.